The first-order chi connectivity index (χ1) is 12.1. The summed E-state index contributed by atoms with van der Waals surface area (Å²) in [7, 11) is 0. The standard InChI is InChI=1S/C13H16ClN4O.C2HF3O2/c1-10(17-8-2-3-13(17)9-15)18(19)16-12-6-4-11(14)5-7-12;3-2(4,5)1(6)7/h4-7,10,13H,2-3,8H2,1H3,(H,16,19);(H,6,7)/q+1;. The third kappa shape index (κ3) is 6.50. The van der Waals surface area contributed by atoms with E-state index in [9.17, 15) is 18.1 Å². The summed E-state index contributed by atoms with van der Waals surface area (Å²) in [5.41, 5.74) is 3.44. The summed E-state index contributed by atoms with van der Waals surface area (Å²) in [5.74, 6) is -2.76. The molecule has 1 fully saturated rings. The van der Waals surface area contributed by atoms with Crippen LogP contribution in [0.15, 0.2) is 24.3 Å². The lowest BCUT2D eigenvalue weighted by atomic mass is 10.2. The molecule has 1 aromatic carbocycles. The van der Waals surface area contributed by atoms with Gasteiger partial charge in [-0.05, 0) is 37.1 Å². The number of anilines is 1. The highest BCUT2D eigenvalue weighted by Crippen LogP contribution is 2.20. The molecule has 1 aliphatic heterocycles. The molecule has 1 heterocycles. The molecule has 1 saturated heterocycles. The average molecular weight is 394 g/mol. The van der Waals surface area contributed by atoms with E-state index in [-0.39, 0.29) is 12.2 Å². The zero-order chi connectivity index (χ0) is 19.9. The number of alkyl halides is 3. The SMILES string of the molecule is CC(N1CCCC1C#N)[N+](=O)Nc1ccc(Cl)cc1.O=C(O)C(F)(F)F. The Morgan fingerprint density at radius 1 is 1.46 bits per heavy atom. The lowest BCUT2D eigenvalue weighted by Crippen LogP contribution is -2.44. The largest absolute Gasteiger partial charge is 0.490 e. The van der Waals surface area contributed by atoms with Crippen LogP contribution in [0.4, 0.5) is 18.9 Å². The Kier molecular flexibility index (Phi) is 7.79. The van der Waals surface area contributed by atoms with E-state index in [4.69, 9.17) is 26.8 Å². The maximum Gasteiger partial charge on any atom is 0.490 e. The first-order valence-electron chi connectivity index (χ1n) is 7.50. The van der Waals surface area contributed by atoms with Crippen LogP contribution in [-0.2, 0) is 4.79 Å². The Bertz CT molecular complexity index is 676. The van der Waals surface area contributed by atoms with Crippen LogP contribution in [0.3, 0.4) is 0 Å². The molecule has 0 aliphatic carbocycles. The summed E-state index contributed by atoms with van der Waals surface area (Å²) in [6.45, 7) is 2.58. The van der Waals surface area contributed by atoms with Crippen molar-refractivity contribution in [2.45, 2.75) is 38.1 Å². The third-order valence-corrected chi connectivity index (χ3v) is 3.84. The first-order valence-corrected chi connectivity index (χ1v) is 7.88. The molecule has 0 radical (unpaired) electrons. The third-order valence-electron chi connectivity index (χ3n) is 3.59. The van der Waals surface area contributed by atoms with Gasteiger partial charge in [0.05, 0.1) is 11.0 Å². The number of hydrazine groups is 1. The number of nitrogens with one attached hydrogen (secondary N) is 1. The van der Waals surface area contributed by atoms with Gasteiger partial charge in [0.2, 0.25) is 0 Å². The quantitative estimate of drug-likeness (QED) is 0.601. The predicted molar refractivity (Wildman–Crippen MR) is 87.2 cm³/mol. The number of nitrogens with zero attached hydrogens (tertiary/aromatic N) is 3. The van der Waals surface area contributed by atoms with Crippen molar-refractivity contribution < 1.29 is 27.9 Å². The molecule has 2 unspecified atom stereocenters. The van der Waals surface area contributed by atoms with Gasteiger partial charge in [0.1, 0.15) is 16.6 Å². The number of likely N-dealkylation sites (tertiary alicyclic amines) is 1. The molecule has 1 aromatic rings. The maximum atomic E-state index is 12.1. The number of nitriles is 1. The molecular formula is C15H17ClF3N4O3+. The van der Waals surface area contributed by atoms with E-state index in [0.29, 0.717) is 10.7 Å². The fourth-order valence-electron chi connectivity index (χ4n) is 2.25. The van der Waals surface area contributed by atoms with Crippen LogP contribution in [0, 0.1) is 16.2 Å². The summed E-state index contributed by atoms with van der Waals surface area (Å²) < 4.78 is 31.7. The number of carboxylic acids is 1. The van der Waals surface area contributed by atoms with Gasteiger partial charge in [-0.2, -0.15) is 18.4 Å². The molecule has 0 bridgehead atoms. The van der Waals surface area contributed by atoms with Crippen molar-refractivity contribution in [1.82, 2.24) is 4.90 Å². The van der Waals surface area contributed by atoms with Gasteiger partial charge in [-0.25, -0.2) is 9.69 Å². The molecule has 2 atom stereocenters. The second-order valence-corrected chi connectivity index (χ2v) is 5.84. The fourth-order valence-corrected chi connectivity index (χ4v) is 2.38. The lowest BCUT2D eigenvalue weighted by molar-refractivity contribution is -0.579. The minimum atomic E-state index is -5.08. The summed E-state index contributed by atoms with van der Waals surface area (Å²) in [4.78, 5) is 23.7. The molecule has 0 saturated carbocycles. The van der Waals surface area contributed by atoms with Crippen molar-refractivity contribution in [3.63, 3.8) is 0 Å². The minimum absolute atomic E-state index is 0.168. The zero-order valence-corrected chi connectivity index (χ0v) is 14.5. The number of carboxylic acid groups (broad SMARTS) is 1. The fraction of sp³-hybridized carbons (Fsp3) is 0.467. The van der Waals surface area contributed by atoms with E-state index in [1.54, 1.807) is 31.2 Å². The highest BCUT2D eigenvalue weighted by molar-refractivity contribution is 6.30. The maximum absolute atomic E-state index is 12.1. The van der Waals surface area contributed by atoms with E-state index in [1.165, 1.54) is 0 Å². The molecule has 1 aliphatic rings. The lowest BCUT2D eigenvalue weighted by Gasteiger charge is -2.19. The van der Waals surface area contributed by atoms with Gasteiger partial charge in [0.25, 0.3) is 6.17 Å². The van der Waals surface area contributed by atoms with Crippen molar-refractivity contribution in [2.75, 3.05) is 12.0 Å². The molecule has 0 aromatic heterocycles. The average Bonchev–Trinajstić information content (AvgIpc) is 3.04. The van der Waals surface area contributed by atoms with Gasteiger partial charge in [-0.15, -0.1) is 5.43 Å². The van der Waals surface area contributed by atoms with Crippen molar-refractivity contribution in [3.05, 3.63) is 34.2 Å². The first kappa shape index (κ1) is 21.7. The highest BCUT2D eigenvalue weighted by atomic mass is 35.5. The van der Waals surface area contributed by atoms with Crippen LogP contribution >= 0.6 is 11.6 Å². The topological polar surface area (TPSA) is 96.4 Å². The number of carbonyl (C=O) groups is 1. The Hall–Kier alpha value is -2.38. The number of halogens is 4. The molecule has 2 rings (SSSR count). The van der Waals surface area contributed by atoms with Crippen LogP contribution in [0.5, 0.6) is 0 Å². The van der Waals surface area contributed by atoms with Gasteiger partial charge in [-0.1, -0.05) is 11.6 Å². The smallest absolute Gasteiger partial charge is 0.475 e. The summed E-state index contributed by atoms with van der Waals surface area (Å²) in [6.07, 6.45) is -3.68. The van der Waals surface area contributed by atoms with Crippen molar-refractivity contribution in [3.8, 4) is 6.07 Å². The summed E-state index contributed by atoms with van der Waals surface area (Å²) in [6, 6.07) is 8.99. The second kappa shape index (κ2) is 9.35. The number of hydrogen-bond acceptors (Lipinski definition) is 4. The predicted octanol–water partition coefficient (Wildman–Crippen LogP) is 3.41. The zero-order valence-electron chi connectivity index (χ0n) is 13.7. The Labute approximate surface area is 152 Å². The van der Waals surface area contributed by atoms with E-state index in [2.05, 4.69) is 11.5 Å². The molecule has 142 valence electrons. The molecule has 2 N–H and O–H groups in total. The van der Waals surface area contributed by atoms with E-state index < -0.39 is 12.1 Å². The highest BCUT2D eigenvalue weighted by Gasteiger charge is 2.38. The van der Waals surface area contributed by atoms with Crippen molar-refractivity contribution in [1.29, 1.82) is 5.26 Å². The van der Waals surface area contributed by atoms with Gasteiger partial charge in [0, 0.05) is 18.5 Å². The molecule has 11 heteroatoms. The van der Waals surface area contributed by atoms with E-state index >= 15 is 0 Å². The summed E-state index contributed by atoms with van der Waals surface area (Å²) >= 11 is 5.79. The van der Waals surface area contributed by atoms with Gasteiger partial charge in [0.15, 0.2) is 0 Å². The molecule has 0 spiro atoms. The van der Waals surface area contributed by atoms with E-state index in [0.717, 1.165) is 24.3 Å². The molecule has 7 nitrogen and oxygen atoms in total. The molecule has 0 amide bonds. The van der Waals surface area contributed by atoms with Crippen LogP contribution < -0.4 is 5.43 Å². The monoisotopic (exact) mass is 393 g/mol. The Morgan fingerprint density at radius 3 is 2.46 bits per heavy atom. The van der Waals surface area contributed by atoms with Gasteiger partial charge >= 0.3 is 12.1 Å². The van der Waals surface area contributed by atoms with Crippen LogP contribution in [0.1, 0.15) is 19.8 Å². The number of nitroso groups, excluding NO2 is 1. The number of rotatable bonds is 4. The number of aliphatic carboxylic acids is 1. The number of benzene rings is 1. The van der Waals surface area contributed by atoms with Gasteiger partial charge < -0.3 is 5.11 Å². The van der Waals surface area contributed by atoms with Crippen molar-refractivity contribution in [2.24, 2.45) is 0 Å². The van der Waals surface area contributed by atoms with Crippen LogP contribution in [0.2, 0.25) is 5.02 Å². The van der Waals surface area contributed by atoms with E-state index in [1.807, 2.05) is 4.90 Å². The van der Waals surface area contributed by atoms with Crippen LogP contribution in [0.25, 0.3) is 0 Å². The van der Waals surface area contributed by atoms with Gasteiger partial charge in [-0.3, -0.25) is 0 Å². The number of hydrogen-bond donors (Lipinski definition) is 2. The molecular weight excluding hydrogens is 377 g/mol. The minimum Gasteiger partial charge on any atom is -0.475 e. The Morgan fingerprint density at radius 2 is 2.00 bits per heavy atom. The second-order valence-electron chi connectivity index (χ2n) is 5.40. The summed E-state index contributed by atoms with van der Waals surface area (Å²) in [5, 5.41) is 16.8. The van der Waals surface area contributed by atoms with Crippen LogP contribution in [-0.4, -0.2) is 45.8 Å². The normalized spacial score (nSPS) is 18.2. The Balaban J connectivity index is 0.000000412. The molecule has 26 heavy (non-hydrogen) atoms. The van der Waals surface area contributed by atoms with Crippen molar-refractivity contribution >= 4 is 23.3 Å².